The predicted molar refractivity (Wildman–Crippen MR) is 131 cm³/mol. The molecule has 1 saturated heterocycles. The van der Waals surface area contributed by atoms with Crippen molar-refractivity contribution in [2.24, 2.45) is 5.92 Å². The van der Waals surface area contributed by atoms with Crippen LogP contribution in [0, 0.1) is 5.92 Å². The number of benzene rings is 3. The number of aliphatic hydroxyl groups excluding tert-OH is 1. The second-order valence-corrected chi connectivity index (χ2v) is 10.5. The summed E-state index contributed by atoms with van der Waals surface area (Å²) in [6, 6.07) is 19.9. The average molecular weight is 481 g/mol. The second-order valence-electron chi connectivity index (χ2n) is 8.63. The molecule has 3 aromatic carbocycles. The maximum absolute atomic E-state index is 13.9. The van der Waals surface area contributed by atoms with E-state index in [1.54, 1.807) is 35.7 Å². The number of nitrogens with one attached hydrogen (secondary N) is 1. The van der Waals surface area contributed by atoms with Crippen molar-refractivity contribution in [1.82, 2.24) is 4.31 Å². The Morgan fingerprint density at radius 1 is 1.00 bits per heavy atom. The van der Waals surface area contributed by atoms with Crippen LogP contribution in [0.1, 0.15) is 18.0 Å². The molecule has 1 fully saturated rings. The maximum Gasteiger partial charge on any atom is 0.247 e. The number of aliphatic hydroxyl groups is 1. The van der Waals surface area contributed by atoms with Crippen molar-refractivity contribution in [2.75, 3.05) is 32.7 Å². The third-order valence-corrected chi connectivity index (χ3v) is 8.80. The Balaban J connectivity index is 1.62. The molecule has 2 aliphatic heterocycles. The average Bonchev–Trinajstić information content (AvgIpc) is 3.34. The van der Waals surface area contributed by atoms with E-state index < -0.39 is 16.1 Å². The summed E-state index contributed by atoms with van der Waals surface area (Å²) < 4.78 is 40.0. The van der Waals surface area contributed by atoms with Gasteiger partial charge in [-0.2, -0.15) is 4.31 Å². The minimum absolute atomic E-state index is 0.0532. The van der Waals surface area contributed by atoms with Crippen LogP contribution in [0.25, 0.3) is 11.1 Å². The van der Waals surface area contributed by atoms with Crippen LogP contribution in [-0.2, 0) is 10.0 Å². The Kier molecular flexibility index (Phi) is 5.97. The summed E-state index contributed by atoms with van der Waals surface area (Å²) in [7, 11) is -0.727. The largest absolute Gasteiger partial charge is 0.497 e. The van der Waals surface area contributed by atoms with E-state index in [0.29, 0.717) is 18.7 Å². The van der Waals surface area contributed by atoms with Crippen LogP contribution in [0.2, 0.25) is 0 Å². The molecule has 0 saturated carbocycles. The van der Waals surface area contributed by atoms with Crippen molar-refractivity contribution in [2.45, 2.75) is 23.4 Å². The van der Waals surface area contributed by atoms with Gasteiger partial charge in [0.15, 0.2) is 0 Å². The van der Waals surface area contributed by atoms with Gasteiger partial charge in [0, 0.05) is 18.2 Å². The SMILES string of the molecule is COc1cccc(-c2ccc3c(c2)[C@@H]2[C@@H](CCN2S(=O)(=O)c2ccccc2OC)[C@H](CO)N3)c1. The first-order valence-electron chi connectivity index (χ1n) is 11.3. The van der Waals surface area contributed by atoms with Gasteiger partial charge >= 0.3 is 0 Å². The highest BCUT2D eigenvalue weighted by Crippen LogP contribution is 2.49. The minimum atomic E-state index is -3.84. The van der Waals surface area contributed by atoms with E-state index in [-0.39, 0.29) is 23.5 Å². The van der Waals surface area contributed by atoms with Gasteiger partial charge in [0.1, 0.15) is 16.4 Å². The highest BCUT2D eigenvalue weighted by atomic mass is 32.2. The van der Waals surface area contributed by atoms with Crippen molar-refractivity contribution in [1.29, 1.82) is 0 Å². The topological polar surface area (TPSA) is 88.1 Å². The quantitative estimate of drug-likeness (QED) is 0.556. The number of rotatable bonds is 6. The van der Waals surface area contributed by atoms with E-state index in [9.17, 15) is 13.5 Å². The van der Waals surface area contributed by atoms with Crippen molar-refractivity contribution in [3.05, 3.63) is 72.3 Å². The zero-order valence-corrected chi connectivity index (χ0v) is 20.0. The lowest BCUT2D eigenvalue weighted by molar-refractivity contribution is 0.210. The molecule has 2 N–H and O–H groups in total. The lowest BCUT2D eigenvalue weighted by atomic mass is 9.82. The standard InChI is InChI=1S/C26H28N2O5S/c1-32-19-7-5-6-17(14-19)18-10-11-22-21(15-18)26-20(23(16-29)27-22)12-13-28(26)34(30,31)25-9-4-3-8-24(25)33-2/h3-11,14-15,20,23,26-27,29H,12-13,16H2,1-2H3/t20-,23-,26-/m0/s1. The molecule has 0 aliphatic carbocycles. The predicted octanol–water partition coefficient (Wildman–Crippen LogP) is 3.91. The smallest absolute Gasteiger partial charge is 0.247 e. The zero-order chi connectivity index (χ0) is 23.9. The fraction of sp³-hybridized carbons (Fsp3) is 0.308. The molecule has 3 atom stereocenters. The van der Waals surface area contributed by atoms with Gasteiger partial charge in [0.25, 0.3) is 0 Å². The number of nitrogens with zero attached hydrogens (tertiary/aromatic N) is 1. The van der Waals surface area contributed by atoms with E-state index in [0.717, 1.165) is 28.1 Å². The number of hydrogen-bond acceptors (Lipinski definition) is 6. The van der Waals surface area contributed by atoms with Crippen LogP contribution < -0.4 is 14.8 Å². The third kappa shape index (κ3) is 3.72. The highest BCUT2D eigenvalue weighted by Gasteiger charge is 2.49. The molecule has 0 spiro atoms. The molecule has 0 amide bonds. The Morgan fingerprint density at radius 2 is 1.79 bits per heavy atom. The van der Waals surface area contributed by atoms with E-state index in [1.165, 1.54) is 7.11 Å². The summed E-state index contributed by atoms with van der Waals surface area (Å²) in [5.41, 5.74) is 3.71. The molecule has 8 heteroatoms. The summed E-state index contributed by atoms with van der Waals surface area (Å²) >= 11 is 0. The second kappa shape index (κ2) is 8.94. The molecule has 7 nitrogen and oxygen atoms in total. The van der Waals surface area contributed by atoms with Crippen molar-refractivity contribution < 1.29 is 23.0 Å². The number of methoxy groups -OCH3 is 2. The molecule has 2 aliphatic rings. The van der Waals surface area contributed by atoms with E-state index in [1.807, 2.05) is 36.4 Å². The Morgan fingerprint density at radius 3 is 2.56 bits per heavy atom. The minimum Gasteiger partial charge on any atom is -0.497 e. The zero-order valence-electron chi connectivity index (χ0n) is 19.1. The van der Waals surface area contributed by atoms with E-state index >= 15 is 0 Å². The molecular formula is C26H28N2O5S. The van der Waals surface area contributed by atoms with Crippen LogP contribution in [0.3, 0.4) is 0 Å². The summed E-state index contributed by atoms with van der Waals surface area (Å²) in [6.07, 6.45) is 0.653. The lowest BCUT2D eigenvalue weighted by Gasteiger charge is -2.39. The van der Waals surface area contributed by atoms with E-state index in [4.69, 9.17) is 9.47 Å². The summed E-state index contributed by atoms with van der Waals surface area (Å²) in [5.74, 6) is 1.03. The van der Waals surface area contributed by atoms with Crippen molar-refractivity contribution >= 4 is 15.7 Å². The third-order valence-electron chi connectivity index (χ3n) is 6.88. The molecule has 34 heavy (non-hydrogen) atoms. The first-order chi connectivity index (χ1) is 16.5. The summed E-state index contributed by atoms with van der Waals surface area (Å²) in [6.45, 7) is 0.303. The number of anilines is 1. The van der Waals surface area contributed by atoms with Gasteiger partial charge in [-0.05, 0) is 59.5 Å². The molecule has 0 bridgehead atoms. The number of hydrogen-bond donors (Lipinski definition) is 2. The van der Waals surface area contributed by atoms with Crippen molar-refractivity contribution in [3.8, 4) is 22.6 Å². The molecule has 0 radical (unpaired) electrons. The number of ether oxygens (including phenoxy) is 2. The van der Waals surface area contributed by atoms with Gasteiger partial charge in [-0.3, -0.25) is 0 Å². The first kappa shape index (κ1) is 22.7. The van der Waals surface area contributed by atoms with Crippen LogP contribution >= 0.6 is 0 Å². The van der Waals surface area contributed by atoms with Crippen LogP contribution in [0.4, 0.5) is 5.69 Å². The lowest BCUT2D eigenvalue weighted by Crippen LogP contribution is -2.42. The van der Waals surface area contributed by atoms with E-state index in [2.05, 4.69) is 11.4 Å². The number of sulfonamides is 1. The molecule has 5 rings (SSSR count). The van der Waals surface area contributed by atoms with Crippen molar-refractivity contribution in [3.63, 3.8) is 0 Å². The van der Waals surface area contributed by atoms with Gasteiger partial charge in [-0.25, -0.2) is 8.42 Å². The first-order valence-corrected chi connectivity index (χ1v) is 12.7. The van der Waals surface area contributed by atoms with Gasteiger partial charge in [-0.15, -0.1) is 0 Å². The summed E-state index contributed by atoms with van der Waals surface area (Å²) in [5, 5.41) is 13.5. The Labute approximate surface area is 200 Å². The molecule has 3 aromatic rings. The fourth-order valence-corrected chi connectivity index (χ4v) is 7.05. The maximum atomic E-state index is 13.9. The van der Waals surface area contributed by atoms with Gasteiger partial charge in [0.2, 0.25) is 10.0 Å². The van der Waals surface area contributed by atoms with Crippen LogP contribution in [0.5, 0.6) is 11.5 Å². The molecule has 2 heterocycles. The Hall–Kier alpha value is -3.07. The molecule has 0 unspecified atom stereocenters. The molecule has 0 aromatic heterocycles. The summed E-state index contributed by atoms with van der Waals surface area (Å²) in [4.78, 5) is 0.155. The molecule has 178 valence electrons. The Bertz CT molecular complexity index is 1310. The normalized spacial score (nSPS) is 21.9. The monoisotopic (exact) mass is 480 g/mol. The van der Waals surface area contributed by atoms with Gasteiger partial charge in [0.05, 0.1) is 32.9 Å². The van der Waals surface area contributed by atoms with Crippen LogP contribution in [0.15, 0.2) is 71.6 Å². The van der Waals surface area contributed by atoms with Gasteiger partial charge < -0.3 is 19.9 Å². The van der Waals surface area contributed by atoms with Gasteiger partial charge in [-0.1, -0.05) is 30.3 Å². The molecular weight excluding hydrogens is 452 g/mol. The highest BCUT2D eigenvalue weighted by molar-refractivity contribution is 7.89. The number of fused-ring (bicyclic) bond motifs is 3. The fourth-order valence-electron chi connectivity index (χ4n) is 5.23. The number of para-hydroxylation sites is 1. The van der Waals surface area contributed by atoms with Crippen LogP contribution in [-0.4, -0.2) is 51.2 Å².